The molecule has 3 fully saturated rings. The van der Waals surface area contributed by atoms with Gasteiger partial charge >= 0.3 is 6.09 Å². The van der Waals surface area contributed by atoms with Gasteiger partial charge in [0, 0.05) is 65.2 Å². The third-order valence-electron chi connectivity index (χ3n) is 6.43. The molecule has 3 heterocycles. The van der Waals surface area contributed by atoms with Gasteiger partial charge in [-0.25, -0.2) is 4.79 Å². The van der Waals surface area contributed by atoms with Crippen molar-refractivity contribution < 1.29 is 14.3 Å². The maximum absolute atomic E-state index is 12.4. The van der Waals surface area contributed by atoms with Crippen molar-refractivity contribution in [2.75, 3.05) is 72.5 Å². The third kappa shape index (κ3) is 6.34. The lowest BCUT2D eigenvalue weighted by atomic mass is 9.91. The highest BCUT2D eigenvalue weighted by Gasteiger charge is 2.47. The summed E-state index contributed by atoms with van der Waals surface area (Å²) >= 11 is 0. The molecule has 10 heteroatoms. The average molecular weight is 454 g/mol. The number of amides is 2. The summed E-state index contributed by atoms with van der Waals surface area (Å²) in [5.41, 5.74) is -0.405. The van der Waals surface area contributed by atoms with Crippen LogP contribution in [0.3, 0.4) is 0 Å². The first-order valence-electron chi connectivity index (χ1n) is 10.3. The molecule has 0 aromatic carbocycles. The van der Waals surface area contributed by atoms with Crippen molar-refractivity contribution in [1.29, 1.82) is 0 Å². The minimum atomic E-state index is -0.405. The monoisotopic (exact) mass is 453 g/mol. The van der Waals surface area contributed by atoms with Crippen LogP contribution >= 0.6 is 24.8 Å². The molecule has 8 nitrogen and oxygen atoms in total. The van der Waals surface area contributed by atoms with E-state index < -0.39 is 5.60 Å². The van der Waals surface area contributed by atoms with Gasteiger partial charge in [0.25, 0.3) is 0 Å². The van der Waals surface area contributed by atoms with E-state index in [1.807, 2.05) is 16.7 Å². The number of likely N-dealkylation sites (N-methyl/N-ethyl adjacent to an activating group) is 2. The number of ether oxygens (including phenoxy) is 1. The van der Waals surface area contributed by atoms with E-state index in [0.29, 0.717) is 19.6 Å². The van der Waals surface area contributed by atoms with Crippen LogP contribution in [0.1, 0.15) is 26.7 Å². The van der Waals surface area contributed by atoms with Crippen LogP contribution in [0.2, 0.25) is 0 Å². The van der Waals surface area contributed by atoms with E-state index in [-0.39, 0.29) is 42.9 Å². The van der Waals surface area contributed by atoms with E-state index in [4.69, 9.17) is 4.74 Å². The summed E-state index contributed by atoms with van der Waals surface area (Å²) in [5, 5.41) is 3.00. The number of hydrogen-bond donors (Lipinski definition) is 1. The molecule has 0 aromatic rings. The molecule has 0 radical (unpaired) electrons. The highest BCUT2D eigenvalue weighted by molar-refractivity contribution is 5.85. The summed E-state index contributed by atoms with van der Waals surface area (Å²) in [4.78, 5) is 33.3. The summed E-state index contributed by atoms with van der Waals surface area (Å²) in [5.74, 6) is 0.125. The number of nitrogens with zero attached hydrogens (tertiary/aromatic N) is 4. The van der Waals surface area contributed by atoms with Crippen LogP contribution in [0.15, 0.2) is 0 Å². The summed E-state index contributed by atoms with van der Waals surface area (Å²) in [6.07, 6.45) is 1.27. The number of piperidine rings is 1. The van der Waals surface area contributed by atoms with Gasteiger partial charge in [-0.05, 0) is 20.5 Å². The minimum Gasteiger partial charge on any atom is -0.441 e. The number of piperazine rings is 1. The van der Waals surface area contributed by atoms with Gasteiger partial charge in [-0.2, -0.15) is 0 Å². The SMILES string of the molecule is CCN1CCN(CCN2CC3(CCN(C(=O)[C@H](C)NC)CC3)OC2=O)CC1.Cl.Cl. The van der Waals surface area contributed by atoms with Gasteiger partial charge in [0.05, 0.1) is 12.6 Å². The van der Waals surface area contributed by atoms with Crippen LogP contribution in [-0.4, -0.2) is 116 Å². The first kappa shape index (κ1) is 26.2. The number of halogens is 2. The Morgan fingerprint density at radius 2 is 1.66 bits per heavy atom. The second kappa shape index (κ2) is 11.6. The van der Waals surface area contributed by atoms with Gasteiger partial charge in [-0.3, -0.25) is 9.69 Å². The molecule has 0 aliphatic carbocycles. The quantitative estimate of drug-likeness (QED) is 0.643. The topological polar surface area (TPSA) is 68.4 Å². The van der Waals surface area contributed by atoms with Crippen molar-refractivity contribution in [2.45, 2.75) is 38.3 Å². The maximum Gasteiger partial charge on any atom is 0.410 e. The Labute approximate surface area is 187 Å². The number of hydrogen-bond acceptors (Lipinski definition) is 6. The number of likely N-dealkylation sites (tertiary alicyclic amines) is 1. The highest BCUT2D eigenvalue weighted by Crippen LogP contribution is 2.33. The van der Waals surface area contributed by atoms with Crippen molar-refractivity contribution in [2.24, 2.45) is 0 Å². The number of carbonyl (C=O) groups is 2. The van der Waals surface area contributed by atoms with E-state index in [2.05, 4.69) is 22.0 Å². The van der Waals surface area contributed by atoms with E-state index in [9.17, 15) is 9.59 Å². The molecule has 0 bridgehead atoms. The molecule has 1 N–H and O–H groups in total. The van der Waals surface area contributed by atoms with E-state index in [0.717, 1.165) is 58.7 Å². The summed E-state index contributed by atoms with van der Waals surface area (Å²) in [6.45, 7) is 13.2. The standard InChI is InChI=1S/C19H35N5O3.2ClH/c1-4-21-9-11-22(12-10-21)13-14-24-15-19(27-18(24)26)5-7-23(8-6-19)17(25)16(2)20-3;;/h16,20H,4-15H2,1-3H3;2*1H/t16-;;/m0../s1. The molecule has 0 aromatic heterocycles. The van der Waals surface area contributed by atoms with Crippen LogP contribution in [0.4, 0.5) is 4.79 Å². The lowest BCUT2D eigenvalue weighted by molar-refractivity contribution is -0.136. The Morgan fingerprint density at radius 3 is 2.21 bits per heavy atom. The molecule has 0 unspecified atom stereocenters. The number of rotatable bonds is 6. The van der Waals surface area contributed by atoms with Gasteiger partial charge in [0.15, 0.2) is 0 Å². The molecule has 3 aliphatic heterocycles. The molecule has 3 aliphatic rings. The summed E-state index contributed by atoms with van der Waals surface area (Å²) in [6, 6.07) is -0.171. The number of carbonyl (C=O) groups excluding carboxylic acids is 2. The van der Waals surface area contributed by atoms with Crippen molar-refractivity contribution >= 4 is 36.8 Å². The second-order valence-electron chi connectivity index (χ2n) is 8.08. The lowest BCUT2D eigenvalue weighted by Crippen LogP contribution is -2.52. The predicted molar refractivity (Wildman–Crippen MR) is 118 cm³/mol. The fourth-order valence-electron chi connectivity index (χ4n) is 4.25. The fraction of sp³-hybridized carbons (Fsp3) is 0.895. The van der Waals surface area contributed by atoms with Gasteiger partial charge in [0.2, 0.25) is 5.91 Å². The minimum absolute atomic E-state index is 0. The third-order valence-corrected chi connectivity index (χ3v) is 6.43. The first-order chi connectivity index (χ1) is 13.0. The van der Waals surface area contributed by atoms with Crippen LogP contribution in [0.25, 0.3) is 0 Å². The molecular weight excluding hydrogens is 417 g/mol. The van der Waals surface area contributed by atoms with Gasteiger partial charge < -0.3 is 24.8 Å². The fourth-order valence-corrected chi connectivity index (χ4v) is 4.25. The van der Waals surface area contributed by atoms with Crippen LogP contribution in [0.5, 0.6) is 0 Å². The van der Waals surface area contributed by atoms with Gasteiger partial charge in [-0.15, -0.1) is 24.8 Å². The molecule has 3 rings (SSSR count). The second-order valence-corrected chi connectivity index (χ2v) is 8.08. The zero-order valence-corrected chi connectivity index (χ0v) is 19.5. The Kier molecular flexibility index (Phi) is 10.5. The largest absolute Gasteiger partial charge is 0.441 e. The van der Waals surface area contributed by atoms with Crippen LogP contribution in [-0.2, 0) is 9.53 Å². The smallest absolute Gasteiger partial charge is 0.410 e. The molecule has 2 amide bonds. The Bertz CT molecular complexity index is 538. The molecular formula is C19H37Cl2N5O3. The zero-order valence-electron chi connectivity index (χ0n) is 17.9. The van der Waals surface area contributed by atoms with Gasteiger partial charge in [0.1, 0.15) is 5.60 Å². The van der Waals surface area contributed by atoms with Crippen molar-refractivity contribution in [3.8, 4) is 0 Å². The normalized spacial score (nSPS) is 23.3. The Hall–Kier alpha value is -0.800. The van der Waals surface area contributed by atoms with Gasteiger partial charge in [-0.1, -0.05) is 6.92 Å². The molecule has 1 atom stereocenters. The van der Waals surface area contributed by atoms with Crippen molar-refractivity contribution in [3.05, 3.63) is 0 Å². The molecule has 0 saturated carbocycles. The van der Waals surface area contributed by atoms with Crippen LogP contribution < -0.4 is 5.32 Å². The van der Waals surface area contributed by atoms with E-state index in [1.54, 1.807) is 7.05 Å². The molecule has 3 saturated heterocycles. The van der Waals surface area contributed by atoms with E-state index in [1.165, 1.54) is 0 Å². The first-order valence-corrected chi connectivity index (χ1v) is 10.3. The molecule has 1 spiro atoms. The Morgan fingerprint density at radius 1 is 1.07 bits per heavy atom. The number of nitrogens with one attached hydrogen (secondary N) is 1. The van der Waals surface area contributed by atoms with E-state index >= 15 is 0 Å². The predicted octanol–water partition coefficient (Wildman–Crippen LogP) is 0.889. The van der Waals surface area contributed by atoms with Crippen molar-refractivity contribution in [3.63, 3.8) is 0 Å². The molecule has 29 heavy (non-hydrogen) atoms. The summed E-state index contributed by atoms with van der Waals surface area (Å²) in [7, 11) is 1.80. The van der Waals surface area contributed by atoms with Crippen molar-refractivity contribution in [1.82, 2.24) is 24.9 Å². The lowest BCUT2D eigenvalue weighted by Gasteiger charge is -2.38. The maximum atomic E-state index is 12.4. The summed E-state index contributed by atoms with van der Waals surface area (Å²) < 4.78 is 5.80. The molecule has 170 valence electrons. The Balaban J connectivity index is 0.00000210. The zero-order chi connectivity index (χ0) is 19.4. The average Bonchev–Trinajstić information content (AvgIpc) is 3.01. The highest BCUT2D eigenvalue weighted by atomic mass is 35.5. The van der Waals surface area contributed by atoms with Crippen LogP contribution in [0, 0.1) is 0 Å².